The first-order valence-corrected chi connectivity index (χ1v) is 4.83. The van der Waals surface area contributed by atoms with Gasteiger partial charge in [0.05, 0.1) is 0 Å². The third-order valence-corrected chi connectivity index (χ3v) is 2.05. The van der Waals surface area contributed by atoms with Crippen LogP contribution in [0.5, 0.6) is 0 Å². The van der Waals surface area contributed by atoms with E-state index in [1.807, 2.05) is 6.92 Å². The van der Waals surface area contributed by atoms with E-state index >= 15 is 0 Å². The van der Waals surface area contributed by atoms with Crippen molar-refractivity contribution < 1.29 is 4.79 Å². The monoisotopic (exact) mass is 215 g/mol. The van der Waals surface area contributed by atoms with Crippen molar-refractivity contribution in [2.45, 2.75) is 12.3 Å². The van der Waals surface area contributed by atoms with Crippen LogP contribution in [-0.4, -0.2) is 39.6 Å². The molecule has 1 rings (SSSR count). The number of aryl methyl sites for hydroxylation is 1. The average molecular weight is 216 g/mol. The fraction of sp³-hybridized carbons (Fsp3) is 0.556. The molecule has 0 radical (unpaired) electrons. The topological polar surface area (TPSA) is 38.1 Å². The second kappa shape index (κ2) is 4.46. The highest BCUT2D eigenvalue weighted by Gasteiger charge is 2.15. The number of halogens is 1. The van der Waals surface area contributed by atoms with E-state index in [2.05, 4.69) is 5.10 Å². The molecule has 0 aliphatic heterocycles. The summed E-state index contributed by atoms with van der Waals surface area (Å²) in [7, 11) is 3.47. The summed E-state index contributed by atoms with van der Waals surface area (Å²) >= 11 is 5.80. The second-order valence-electron chi connectivity index (χ2n) is 3.31. The maximum Gasteiger partial charge on any atom is 0.271 e. The highest BCUT2D eigenvalue weighted by Crippen LogP contribution is 2.04. The van der Waals surface area contributed by atoms with Gasteiger partial charge in [0.25, 0.3) is 5.91 Å². The fourth-order valence-electron chi connectivity index (χ4n) is 1.24. The molecule has 1 atom stereocenters. The molecule has 1 unspecified atom stereocenters. The number of carbonyl (C=O) groups excluding carboxylic acids is 1. The van der Waals surface area contributed by atoms with Gasteiger partial charge >= 0.3 is 0 Å². The minimum absolute atomic E-state index is 0.0443. The predicted octanol–water partition coefficient (Wildman–Crippen LogP) is 1.12. The van der Waals surface area contributed by atoms with Crippen molar-refractivity contribution in [1.82, 2.24) is 14.7 Å². The third-order valence-electron chi connectivity index (χ3n) is 1.91. The number of carbonyl (C=O) groups is 1. The van der Waals surface area contributed by atoms with Crippen molar-refractivity contribution in [2.75, 3.05) is 13.6 Å². The number of amides is 1. The molecule has 0 bridgehead atoms. The molecule has 0 spiro atoms. The first kappa shape index (κ1) is 11.0. The molecule has 1 aromatic heterocycles. The Morgan fingerprint density at radius 1 is 1.79 bits per heavy atom. The Bertz CT molecular complexity index is 322. The van der Waals surface area contributed by atoms with Crippen LogP contribution in [0.2, 0.25) is 0 Å². The summed E-state index contributed by atoms with van der Waals surface area (Å²) in [5.41, 5.74) is 0.574. The highest BCUT2D eigenvalue weighted by atomic mass is 35.5. The third kappa shape index (κ3) is 2.48. The van der Waals surface area contributed by atoms with E-state index in [9.17, 15) is 4.79 Å². The molecule has 14 heavy (non-hydrogen) atoms. The zero-order chi connectivity index (χ0) is 10.7. The van der Waals surface area contributed by atoms with Gasteiger partial charge in [0, 0.05) is 32.2 Å². The number of hydrogen-bond donors (Lipinski definition) is 0. The van der Waals surface area contributed by atoms with Crippen LogP contribution >= 0.6 is 11.6 Å². The van der Waals surface area contributed by atoms with Crippen LogP contribution in [0.25, 0.3) is 0 Å². The summed E-state index contributed by atoms with van der Waals surface area (Å²) < 4.78 is 1.55. The first-order chi connectivity index (χ1) is 6.52. The minimum Gasteiger partial charge on any atom is -0.339 e. The number of alkyl halides is 1. The number of aromatic nitrogens is 2. The molecule has 1 amide bonds. The van der Waals surface area contributed by atoms with Crippen LogP contribution < -0.4 is 0 Å². The van der Waals surface area contributed by atoms with Crippen molar-refractivity contribution in [2.24, 2.45) is 7.05 Å². The maximum absolute atomic E-state index is 11.8. The molecule has 1 aromatic rings. The SMILES string of the molecule is CC(Cl)CN(C)C(=O)c1ccnn1C. The van der Waals surface area contributed by atoms with Gasteiger partial charge in [-0.25, -0.2) is 0 Å². The van der Waals surface area contributed by atoms with Crippen LogP contribution in [0.3, 0.4) is 0 Å². The van der Waals surface area contributed by atoms with E-state index in [-0.39, 0.29) is 11.3 Å². The van der Waals surface area contributed by atoms with Gasteiger partial charge in [-0.05, 0) is 13.0 Å². The Labute approximate surface area is 88.5 Å². The smallest absolute Gasteiger partial charge is 0.271 e. The molecule has 4 nitrogen and oxygen atoms in total. The summed E-state index contributed by atoms with van der Waals surface area (Å²) in [4.78, 5) is 13.4. The lowest BCUT2D eigenvalue weighted by Crippen LogP contribution is -2.32. The maximum atomic E-state index is 11.8. The largest absolute Gasteiger partial charge is 0.339 e. The summed E-state index contributed by atoms with van der Waals surface area (Å²) in [6.07, 6.45) is 1.60. The average Bonchev–Trinajstić information content (AvgIpc) is 2.48. The van der Waals surface area contributed by atoms with Gasteiger partial charge in [0.1, 0.15) is 5.69 Å². The molecule has 0 fully saturated rings. The van der Waals surface area contributed by atoms with E-state index in [0.717, 1.165) is 0 Å². The molecule has 0 N–H and O–H groups in total. The molecule has 0 aromatic carbocycles. The van der Waals surface area contributed by atoms with Crippen LogP contribution in [0.1, 0.15) is 17.4 Å². The van der Waals surface area contributed by atoms with Gasteiger partial charge in [-0.2, -0.15) is 5.10 Å². The molecule has 0 aliphatic carbocycles. The number of rotatable bonds is 3. The van der Waals surface area contributed by atoms with Crippen LogP contribution in [0, 0.1) is 0 Å². The summed E-state index contributed by atoms with van der Waals surface area (Å²) in [6.45, 7) is 2.39. The molecular formula is C9H14ClN3O. The quantitative estimate of drug-likeness (QED) is 0.709. The zero-order valence-corrected chi connectivity index (χ0v) is 9.32. The summed E-state index contributed by atoms with van der Waals surface area (Å²) in [6, 6.07) is 1.69. The molecule has 0 saturated heterocycles. The predicted molar refractivity (Wildman–Crippen MR) is 55.5 cm³/mol. The molecule has 5 heteroatoms. The lowest BCUT2D eigenvalue weighted by molar-refractivity contribution is 0.0785. The van der Waals surface area contributed by atoms with Crippen molar-refractivity contribution >= 4 is 17.5 Å². The molecular weight excluding hydrogens is 202 g/mol. The van der Waals surface area contributed by atoms with Crippen LogP contribution in [0.4, 0.5) is 0 Å². The van der Waals surface area contributed by atoms with Crippen molar-refractivity contribution in [3.05, 3.63) is 18.0 Å². The van der Waals surface area contributed by atoms with Gasteiger partial charge in [0.15, 0.2) is 0 Å². The van der Waals surface area contributed by atoms with Crippen molar-refractivity contribution in [3.63, 3.8) is 0 Å². The zero-order valence-electron chi connectivity index (χ0n) is 8.57. The van der Waals surface area contributed by atoms with Gasteiger partial charge in [0.2, 0.25) is 0 Å². The Morgan fingerprint density at radius 3 is 2.86 bits per heavy atom. The Kier molecular flexibility index (Phi) is 3.52. The number of hydrogen-bond acceptors (Lipinski definition) is 2. The standard InChI is InChI=1S/C9H14ClN3O/c1-7(10)6-12(2)9(14)8-4-5-11-13(8)3/h4-5,7H,6H2,1-3H3. The lowest BCUT2D eigenvalue weighted by Gasteiger charge is -2.18. The van der Waals surface area contributed by atoms with Gasteiger partial charge in [-0.15, -0.1) is 11.6 Å². The van der Waals surface area contributed by atoms with E-state index in [1.165, 1.54) is 0 Å². The van der Waals surface area contributed by atoms with Crippen LogP contribution in [0.15, 0.2) is 12.3 Å². The second-order valence-corrected chi connectivity index (χ2v) is 4.05. The van der Waals surface area contributed by atoms with E-state index in [4.69, 9.17) is 11.6 Å². The highest BCUT2D eigenvalue weighted by molar-refractivity contribution is 6.20. The lowest BCUT2D eigenvalue weighted by atomic mass is 10.3. The van der Waals surface area contributed by atoms with E-state index in [1.54, 1.807) is 35.9 Å². The van der Waals surface area contributed by atoms with Gasteiger partial charge in [-0.1, -0.05) is 0 Å². The first-order valence-electron chi connectivity index (χ1n) is 4.40. The Morgan fingerprint density at radius 2 is 2.43 bits per heavy atom. The van der Waals surface area contributed by atoms with Gasteiger partial charge in [-0.3, -0.25) is 9.48 Å². The van der Waals surface area contributed by atoms with E-state index in [0.29, 0.717) is 12.2 Å². The minimum atomic E-state index is -0.0579. The number of nitrogens with zero attached hydrogens (tertiary/aromatic N) is 3. The summed E-state index contributed by atoms with van der Waals surface area (Å²) in [5.74, 6) is -0.0579. The fourth-order valence-corrected chi connectivity index (χ4v) is 1.45. The van der Waals surface area contributed by atoms with Crippen molar-refractivity contribution in [3.8, 4) is 0 Å². The molecule has 1 heterocycles. The molecule has 0 saturated carbocycles. The van der Waals surface area contributed by atoms with Gasteiger partial charge < -0.3 is 4.90 Å². The summed E-state index contributed by atoms with van der Waals surface area (Å²) in [5, 5.41) is 3.89. The van der Waals surface area contributed by atoms with E-state index < -0.39 is 0 Å². The molecule has 0 aliphatic rings. The Balaban J connectivity index is 2.71. The normalized spacial score (nSPS) is 12.6. The van der Waals surface area contributed by atoms with Crippen LogP contribution in [-0.2, 0) is 7.05 Å². The Hall–Kier alpha value is -1.03. The molecule has 78 valence electrons. The van der Waals surface area contributed by atoms with Crippen molar-refractivity contribution in [1.29, 1.82) is 0 Å².